The van der Waals surface area contributed by atoms with Crippen LogP contribution in [0.1, 0.15) is 21.6 Å². The lowest BCUT2D eigenvalue weighted by Gasteiger charge is -2.26. The summed E-state index contributed by atoms with van der Waals surface area (Å²) in [5.41, 5.74) is 5.58. The van der Waals surface area contributed by atoms with Gasteiger partial charge in [0.1, 0.15) is 12.4 Å². The normalized spacial score (nSPS) is 14.8. The Bertz CT molecular complexity index is 1360. The Kier molecular flexibility index (Phi) is 6.02. The summed E-state index contributed by atoms with van der Waals surface area (Å²) in [5, 5.41) is 4.91. The van der Waals surface area contributed by atoms with E-state index in [0.29, 0.717) is 44.4 Å². The van der Waals surface area contributed by atoms with Gasteiger partial charge in [0, 0.05) is 40.9 Å². The van der Waals surface area contributed by atoms with E-state index < -0.39 is 0 Å². The molecule has 0 unspecified atom stereocenters. The highest BCUT2D eigenvalue weighted by molar-refractivity contribution is 7.98. The van der Waals surface area contributed by atoms with Crippen molar-refractivity contribution in [2.24, 2.45) is 0 Å². The van der Waals surface area contributed by atoms with Gasteiger partial charge in [-0.1, -0.05) is 54.6 Å². The molecule has 6 rings (SSSR count). The predicted molar refractivity (Wildman–Crippen MR) is 136 cm³/mol. The Morgan fingerprint density at radius 3 is 2.63 bits per heavy atom. The third-order valence-electron chi connectivity index (χ3n) is 6.31. The highest BCUT2D eigenvalue weighted by Crippen LogP contribution is 2.44. The van der Waals surface area contributed by atoms with Crippen LogP contribution in [0.4, 0.5) is 0 Å². The van der Waals surface area contributed by atoms with Gasteiger partial charge in [-0.25, -0.2) is 4.68 Å². The Hall–Kier alpha value is -3.55. The number of amides is 1. The average molecular weight is 484 g/mol. The van der Waals surface area contributed by atoms with E-state index in [1.54, 1.807) is 11.8 Å². The van der Waals surface area contributed by atoms with Gasteiger partial charge in [0.2, 0.25) is 0 Å². The fourth-order valence-electron chi connectivity index (χ4n) is 4.52. The van der Waals surface area contributed by atoms with Crippen LogP contribution in [-0.4, -0.2) is 46.9 Å². The molecule has 176 valence electrons. The van der Waals surface area contributed by atoms with Gasteiger partial charge in [-0.3, -0.25) is 4.79 Å². The molecule has 0 bridgehead atoms. The van der Waals surface area contributed by atoms with Gasteiger partial charge in [-0.2, -0.15) is 5.10 Å². The maximum Gasteiger partial charge on any atom is 0.274 e. The van der Waals surface area contributed by atoms with Crippen LogP contribution in [0, 0.1) is 0 Å². The number of hydrogen-bond acceptors (Lipinski definition) is 5. The van der Waals surface area contributed by atoms with Crippen molar-refractivity contribution >= 4 is 17.7 Å². The molecule has 3 aromatic carbocycles. The SMILES string of the molecule is O=C(c1nn(-c2cccc(OCc3ccccc3)c2)c2c1CSc1ccccc1-2)N1CCOCC1. The molecule has 0 saturated carbocycles. The molecule has 0 atom stereocenters. The van der Waals surface area contributed by atoms with Crippen LogP contribution in [-0.2, 0) is 17.1 Å². The third kappa shape index (κ3) is 4.33. The standard InChI is InChI=1S/C28H25N3O3S/c32-28(30-13-15-33-16-14-30)26-24-19-35-25-12-5-4-11-23(25)27(24)31(29-26)21-9-6-10-22(17-21)34-18-20-7-2-1-3-8-20/h1-12,17H,13-16,18-19H2. The second-order valence-electron chi connectivity index (χ2n) is 8.55. The topological polar surface area (TPSA) is 56.6 Å². The summed E-state index contributed by atoms with van der Waals surface area (Å²) in [5.74, 6) is 1.44. The second kappa shape index (κ2) is 9.60. The van der Waals surface area contributed by atoms with Gasteiger partial charge in [0.25, 0.3) is 5.91 Å². The molecule has 7 heteroatoms. The van der Waals surface area contributed by atoms with Crippen LogP contribution in [0.3, 0.4) is 0 Å². The van der Waals surface area contributed by atoms with Crippen LogP contribution in [0.2, 0.25) is 0 Å². The summed E-state index contributed by atoms with van der Waals surface area (Å²) in [4.78, 5) is 16.6. The molecule has 1 fully saturated rings. The largest absolute Gasteiger partial charge is 0.489 e. The first-order valence-corrected chi connectivity index (χ1v) is 12.7. The van der Waals surface area contributed by atoms with E-state index in [1.165, 1.54) is 4.90 Å². The number of thioether (sulfide) groups is 1. The molecule has 1 amide bonds. The van der Waals surface area contributed by atoms with Crippen LogP contribution >= 0.6 is 11.8 Å². The minimum absolute atomic E-state index is 0.0280. The van der Waals surface area contributed by atoms with Crippen LogP contribution in [0.25, 0.3) is 16.9 Å². The average Bonchev–Trinajstić information content (AvgIpc) is 3.33. The molecule has 0 aliphatic carbocycles. The van der Waals surface area contributed by atoms with E-state index in [4.69, 9.17) is 14.6 Å². The van der Waals surface area contributed by atoms with Gasteiger partial charge >= 0.3 is 0 Å². The lowest BCUT2D eigenvalue weighted by atomic mass is 10.0. The molecule has 0 spiro atoms. The molecule has 4 aromatic rings. The zero-order valence-electron chi connectivity index (χ0n) is 19.2. The quantitative estimate of drug-likeness (QED) is 0.391. The number of carbonyl (C=O) groups excluding carboxylic acids is 1. The van der Waals surface area contributed by atoms with Crippen molar-refractivity contribution in [2.75, 3.05) is 26.3 Å². The van der Waals surface area contributed by atoms with E-state index in [2.05, 4.69) is 18.2 Å². The number of ether oxygens (including phenoxy) is 2. The lowest BCUT2D eigenvalue weighted by molar-refractivity contribution is 0.0298. The van der Waals surface area contributed by atoms with Crippen molar-refractivity contribution in [3.63, 3.8) is 0 Å². The van der Waals surface area contributed by atoms with E-state index >= 15 is 0 Å². The summed E-state index contributed by atoms with van der Waals surface area (Å²) < 4.78 is 13.4. The number of fused-ring (bicyclic) bond motifs is 3. The molecule has 2 aliphatic rings. The molecule has 35 heavy (non-hydrogen) atoms. The molecule has 6 nitrogen and oxygen atoms in total. The maximum atomic E-state index is 13.5. The van der Waals surface area contributed by atoms with Gasteiger partial charge in [-0.05, 0) is 23.8 Å². The van der Waals surface area contributed by atoms with Crippen molar-refractivity contribution in [1.29, 1.82) is 0 Å². The van der Waals surface area contributed by atoms with Crippen LogP contribution in [0.5, 0.6) is 5.75 Å². The van der Waals surface area contributed by atoms with Gasteiger partial charge in [-0.15, -0.1) is 11.8 Å². The highest BCUT2D eigenvalue weighted by Gasteiger charge is 2.31. The van der Waals surface area contributed by atoms with E-state index in [1.807, 2.05) is 70.2 Å². The lowest BCUT2D eigenvalue weighted by Crippen LogP contribution is -2.41. The number of benzene rings is 3. The van der Waals surface area contributed by atoms with E-state index in [9.17, 15) is 4.79 Å². The van der Waals surface area contributed by atoms with E-state index in [-0.39, 0.29) is 5.91 Å². The smallest absolute Gasteiger partial charge is 0.274 e. The summed E-state index contributed by atoms with van der Waals surface area (Å²) in [6, 6.07) is 26.3. The molecule has 1 saturated heterocycles. The Morgan fingerprint density at radius 1 is 0.971 bits per heavy atom. The highest BCUT2D eigenvalue weighted by atomic mass is 32.2. The number of aromatic nitrogens is 2. The molecular weight excluding hydrogens is 458 g/mol. The molecule has 3 heterocycles. The summed E-state index contributed by atoms with van der Waals surface area (Å²) in [6.45, 7) is 2.79. The molecule has 1 aromatic heterocycles. The van der Waals surface area contributed by atoms with Crippen LogP contribution in [0.15, 0.2) is 83.8 Å². The maximum absolute atomic E-state index is 13.5. The molecule has 2 aliphatic heterocycles. The van der Waals surface area contributed by atoms with Crippen LogP contribution < -0.4 is 4.74 Å². The Morgan fingerprint density at radius 2 is 1.77 bits per heavy atom. The van der Waals surface area contributed by atoms with Crippen molar-refractivity contribution in [3.8, 4) is 22.7 Å². The first-order valence-electron chi connectivity index (χ1n) is 11.8. The van der Waals surface area contributed by atoms with Crippen molar-refractivity contribution in [3.05, 3.63) is 95.7 Å². The zero-order valence-corrected chi connectivity index (χ0v) is 20.0. The Labute approximate surface area is 208 Å². The second-order valence-corrected chi connectivity index (χ2v) is 9.57. The van der Waals surface area contributed by atoms with E-state index in [0.717, 1.165) is 33.8 Å². The number of carbonyl (C=O) groups is 1. The number of hydrogen-bond donors (Lipinski definition) is 0. The minimum atomic E-state index is -0.0280. The fraction of sp³-hybridized carbons (Fsp3) is 0.214. The molecule has 0 radical (unpaired) electrons. The first kappa shape index (κ1) is 21.9. The summed E-state index contributed by atoms with van der Waals surface area (Å²) in [7, 11) is 0. The summed E-state index contributed by atoms with van der Waals surface area (Å²) >= 11 is 1.75. The van der Waals surface area contributed by atoms with Gasteiger partial charge < -0.3 is 14.4 Å². The van der Waals surface area contributed by atoms with Crippen molar-refractivity contribution in [2.45, 2.75) is 17.3 Å². The zero-order chi connectivity index (χ0) is 23.6. The van der Waals surface area contributed by atoms with Gasteiger partial charge in [0.15, 0.2) is 5.69 Å². The number of nitrogens with zero attached hydrogens (tertiary/aromatic N) is 3. The van der Waals surface area contributed by atoms with Crippen molar-refractivity contribution in [1.82, 2.24) is 14.7 Å². The minimum Gasteiger partial charge on any atom is -0.489 e. The van der Waals surface area contributed by atoms with Crippen molar-refractivity contribution < 1.29 is 14.3 Å². The third-order valence-corrected chi connectivity index (χ3v) is 7.41. The monoisotopic (exact) mass is 483 g/mol. The fourth-order valence-corrected chi connectivity index (χ4v) is 5.59. The molecular formula is C28H25N3O3S. The van der Waals surface area contributed by atoms with Gasteiger partial charge in [0.05, 0.1) is 24.6 Å². The molecule has 0 N–H and O–H groups in total. The first-order chi connectivity index (χ1) is 17.3. The Balaban J connectivity index is 1.40. The summed E-state index contributed by atoms with van der Waals surface area (Å²) in [6.07, 6.45) is 0. The number of rotatable bonds is 5. The predicted octanol–water partition coefficient (Wildman–Crippen LogP) is 5.20. The number of morpholine rings is 1.